The van der Waals surface area contributed by atoms with E-state index < -0.39 is 10.1 Å². The van der Waals surface area contributed by atoms with Crippen molar-refractivity contribution < 1.29 is 14.3 Å². The van der Waals surface area contributed by atoms with Crippen LogP contribution in [0.15, 0.2) is 22.7 Å². The maximum Gasteiger partial charge on any atom is 0.288 e. The van der Waals surface area contributed by atoms with Crippen LogP contribution in [0.5, 0.6) is 5.75 Å². The molecule has 0 spiro atoms. The normalized spacial score (nSPS) is 16.8. The second-order valence-corrected chi connectivity index (χ2v) is 8.21. The van der Waals surface area contributed by atoms with Crippen LogP contribution < -0.4 is 4.74 Å². The molecular formula is C15H14Cl5NO3. The zero-order valence-corrected chi connectivity index (χ0v) is 16.6. The lowest BCUT2D eigenvalue weighted by Gasteiger charge is -2.32. The Morgan fingerprint density at radius 2 is 1.79 bits per heavy atom. The summed E-state index contributed by atoms with van der Waals surface area (Å²) in [6, 6.07) is 4.80. The fourth-order valence-electron chi connectivity index (χ4n) is 2.23. The van der Waals surface area contributed by atoms with Gasteiger partial charge in [0.1, 0.15) is 10.2 Å². The molecule has 9 heteroatoms. The molecule has 1 unspecified atom stereocenters. The van der Waals surface area contributed by atoms with Crippen LogP contribution in [0.25, 0.3) is 5.76 Å². The first kappa shape index (κ1) is 19.8. The predicted octanol–water partition coefficient (Wildman–Crippen LogP) is 5.38. The van der Waals surface area contributed by atoms with Crippen molar-refractivity contribution in [3.63, 3.8) is 0 Å². The number of alkyl halides is 3. The van der Waals surface area contributed by atoms with Crippen LogP contribution in [0.4, 0.5) is 0 Å². The van der Waals surface area contributed by atoms with E-state index in [2.05, 4.69) is 0 Å². The van der Waals surface area contributed by atoms with Gasteiger partial charge in [-0.25, -0.2) is 0 Å². The smallest absolute Gasteiger partial charge is 0.288 e. The van der Waals surface area contributed by atoms with E-state index in [-0.39, 0.29) is 16.2 Å². The Hall–Kier alpha value is -0.520. The van der Waals surface area contributed by atoms with Crippen LogP contribution in [-0.4, -0.2) is 34.0 Å². The van der Waals surface area contributed by atoms with Crippen molar-refractivity contribution in [1.82, 2.24) is 4.90 Å². The number of amides is 1. The zero-order chi connectivity index (χ0) is 18.1. The largest absolute Gasteiger partial charge is 0.450 e. The molecule has 0 fully saturated rings. The molecule has 0 saturated heterocycles. The highest BCUT2D eigenvalue weighted by Crippen LogP contribution is 2.44. The summed E-state index contributed by atoms with van der Waals surface area (Å²) in [4.78, 5) is 14.2. The maximum absolute atomic E-state index is 12.5. The number of carbonyl (C=O) groups is 1. The predicted molar refractivity (Wildman–Crippen MR) is 98.1 cm³/mol. The van der Waals surface area contributed by atoms with Crippen LogP contribution in [0.3, 0.4) is 0 Å². The first-order chi connectivity index (χ1) is 11.2. The number of benzene rings is 1. The highest BCUT2D eigenvalue weighted by atomic mass is 35.6. The highest BCUT2D eigenvalue weighted by Gasteiger charge is 2.41. The third-order valence-electron chi connectivity index (χ3n) is 3.42. The van der Waals surface area contributed by atoms with Gasteiger partial charge in [-0.3, -0.25) is 4.79 Å². The van der Waals surface area contributed by atoms with Crippen LogP contribution >= 0.6 is 58.0 Å². The van der Waals surface area contributed by atoms with Gasteiger partial charge < -0.3 is 14.4 Å². The van der Waals surface area contributed by atoms with Gasteiger partial charge in [-0.2, -0.15) is 0 Å². The number of nitrogens with zero attached hydrogens (tertiary/aromatic N) is 1. The molecule has 1 heterocycles. The number of rotatable bonds is 3. The summed E-state index contributed by atoms with van der Waals surface area (Å²) in [5, 5.41) is 0. The van der Waals surface area contributed by atoms with Gasteiger partial charge in [-0.05, 0) is 32.0 Å². The minimum absolute atomic E-state index is 0.0881. The standard InChI is InChI=1S/C15H14Cl5NO3/c1-3-21(4-2)13(22)8-5-6-10-9(7-8)11(12(16)17)24-14(23-10)15(18,19)20/h5-7,14H,3-4H2,1-2H3. The molecule has 0 aliphatic carbocycles. The highest BCUT2D eigenvalue weighted by molar-refractivity contribution is 6.68. The summed E-state index contributed by atoms with van der Waals surface area (Å²) in [6.07, 6.45) is -1.22. The molecule has 0 radical (unpaired) electrons. The Morgan fingerprint density at radius 3 is 2.29 bits per heavy atom. The molecule has 24 heavy (non-hydrogen) atoms. The van der Waals surface area contributed by atoms with Gasteiger partial charge in [0, 0.05) is 18.7 Å². The molecule has 2 rings (SSSR count). The minimum Gasteiger partial charge on any atom is -0.450 e. The summed E-state index contributed by atoms with van der Waals surface area (Å²) in [5.41, 5.74) is 0.863. The van der Waals surface area contributed by atoms with E-state index in [1.165, 1.54) is 0 Å². The SMILES string of the molecule is CCN(CC)C(=O)c1ccc2c(c1)C(=C(Cl)Cl)OC(C(Cl)(Cl)Cl)O2. The summed E-state index contributed by atoms with van der Waals surface area (Å²) >= 11 is 29.2. The first-order valence-electron chi connectivity index (χ1n) is 7.08. The molecule has 1 aromatic carbocycles. The molecule has 0 aromatic heterocycles. The minimum atomic E-state index is -1.85. The first-order valence-corrected chi connectivity index (χ1v) is 8.97. The lowest BCUT2D eigenvalue weighted by atomic mass is 10.1. The Morgan fingerprint density at radius 1 is 1.17 bits per heavy atom. The van der Waals surface area contributed by atoms with Gasteiger partial charge in [-0.15, -0.1) is 0 Å². The molecule has 1 aliphatic rings. The lowest BCUT2D eigenvalue weighted by molar-refractivity contribution is -0.0248. The van der Waals surface area contributed by atoms with E-state index in [4.69, 9.17) is 67.5 Å². The second-order valence-electron chi connectivity index (χ2n) is 4.89. The Labute approximate surface area is 165 Å². The number of halogens is 5. The van der Waals surface area contributed by atoms with Crippen LogP contribution in [0, 0.1) is 0 Å². The van der Waals surface area contributed by atoms with Gasteiger partial charge in [0.15, 0.2) is 5.76 Å². The lowest BCUT2D eigenvalue weighted by Crippen LogP contribution is -2.37. The summed E-state index contributed by atoms with van der Waals surface area (Å²) in [5.74, 6) is 0.309. The monoisotopic (exact) mass is 431 g/mol. The second kappa shape index (κ2) is 7.79. The Kier molecular flexibility index (Phi) is 6.43. The van der Waals surface area contributed by atoms with Crippen LogP contribution in [-0.2, 0) is 4.74 Å². The topological polar surface area (TPSA) is 38.8 Å². The van der Waals surface area contributed by atoms with Crippen molar-refractivity contribution in [2.75, 3.05) is 13.1 Å². The number of fused-ring (bicyclic) bond motifs is 1. The van der Waals surface area contributed by atoms with Gasteiger partial charge >= 0.3 is 0 Å². The molecular weight excluding hydrogens is 419 g/mol. The van der Waals surface area contributed by atoms with E-state index >= 15 is 0 Å². The third kappa shape index (κ3) is 4.17. The van der Waals surface area contributed by atoms with Gasteiger partial charge in [0.2, 0.25) is 0 Å². The van der Waals surface area contributed by atoms with E-state index in [1.54, 1.807) is 23.1 Å². The fraction of sp³-hybridized carbons (Fsp3) is 0.400. The summed E-state index contributed by atoms with van der Waals surface area (Å²) < 4.78 is 8.98. The van der Waals surface area contributed by atoms with Crippen molar-refractivity contribution in [1.29, 1.82) is 0 Å². The van der Waals surface area contributed by atoms with E-state index in [1.807, 2.05) is 13.8 Å². The van der Waals surface area contributed by atoms with Gasteiger partial charge in [0.25, 0.3) is 16.0 Å². The summed E-state index contributed by atoms with van der Waals surface area (Å²) in [7, 11) is 0. The molecule has 1 aromatic rings. The molecule has 0 bridgehead atoms. The number of hydrogen-bond donors (Lipinski definition) is 0. The van der Waals surface area contributed by atoms with Crippen LogP contribution in [0.2, 0.25) is 0 Å². The number of hydrogen-bond acceptors (Lipinski definition) is 3. The number of ether oxygens (including phenoxy) is 2. The van der Waals surface area contributed by atoms with E-state index in [9.17, 15) is 4.79 Å². The molecule has 0 N–H and O–H groups in total. The Balaban J connectivity index is 2.47. The summed E-state index contributed by atoms with van der Waals surface area (Å²) in [6.45, 7) is 4.98. The molecule has 0 saturated carbocycles. The molecule has 132 valence electrons. The average molecular weight is 434 g/mol. The van der Waals surface area contributed by atoms with Gasteiger partial charge in [0.05, 0.1) is 5.56 Å². The Bertz CT molecular complexity index is 664. The molecule has 1 atom stereocenters. The maximum atomic E-state index is 12.5. The van der Waals surface area contributed by atoms with Gasteiger partial charge in [-0.1, -0.05) is 58.0 Å². The zero-order valence-electron chi connectivity index (χ0n) is 12.8. The van der Waals surface area contributed by atoms with E-state index in [0.29, 0.717) is 30.0 Å². The third-order valence-corrected chi connectivity index (χ3v) is 4.30. The van der Waals surface area contributed by atoms with Crippen molar-refractivity contribution >= 4 is 69.7 Å². The molecule has 4 nitrogen and oxygen atoms in total. The average Bonchev–Trinajstić information content (AvgIpc) is 2.53. The fourth-order valence-corrected chi connectivity index (χ4v) is 2.79. The van der Waals surface area contributed by atoms with Crippen molar-refractivity contribution in [3.05, 3.63) is 33.8 Å². The number of carbonyl (C=O) groups excluding carboxylic acids is 1. The van der Waals surface area contributed by atoms with E-state index in [0.717, 1.165) is 0 Å². The molecule has 1 aliphatic heterocycles. The van der Waals surface area contributed by atoms with Crippen molar-refractivity contribution in [3.8, 4) is 5.75 Å². The van der Waals surface area contributed by atoms with Crippen molar-refractivity contribution in [2.45, 2.75) is 23.9 Å². The quantitative estimate of drug-likeness (QED) is 0.601. The molecule has 1 amide bonds. The van der Waals surface area contributed by atoms with Crippen LogP contribution in [0.1, 0.15) is 29.8 Å². The van der Waals surface area contributed by atoms with Crippen molar-refractivity contribution in [2.24, 2.45) is 0 Å².